The molecule has 1 aliphatic rings. The zero-order valence-corrected chi connectivity index (χ0v) is 22.9. The minimum absolute atomic E-state index is 0.00584. The van der Waals surface area contributed by atoms with E-state index in [-0.39, 0.29) is 17.3 Å². The van der Waals surface area contributed by atoms with Crippen molar-refractivity contribution in [2.45, 2.75) is 74.3 Å². The van der Waals surface area contributed by atoms with E-state index in [0.717, 1.165) is 24.0 Å². The lowest BCUT2D eigenvalue weighted by molar-refractivity contribution is -0.112. The first kappa shape index (κ1) is 30.1. The normalized spacial score (nSPS) is 21.1. The Bertz CT molecular complexity index is 1040. The number of aliphatic hydroxyl groups excluding tert-OH is 1. The highest BCUT2D eigenvalue weighted by Crippen LogP contribution is 2.41. The van der Waals surface area contributed by atoms with Gasteiger partial charge in [0.1, 0.15) is 0 Å². The molecular formula is C33H44O2. The van der Waals surface area contributed by atoms with Crippen LogP contribution in [0.5, 0.6) is 0 Å². The van der Waals surface area contributed by atoms with E-state index in [4.69, 9.17) is 0 Å². The molecule has 0 bridgehead atoms. The van der Waals surface area contributed by atoms with Crippen LogP contribution < -0.4 is 0 Å². The van der Waals surface area contributed by atoms with Crippen molar-refractivity contribution in [1.82, 2.24) is 0 Å². The second-order valence-corrected chi connectivity index (χ2v) is 10.2. The Hall–Kier alpha value is -2.97. The molecule has 0 aromatic rings. The molecule has 1 rings (SSSR count). The SMILES string of the molecule is CC(=O)C=CC(C)=CC=CC(C)=CC=CC=C(C)C=CC=C(C)C=CC1=C(C)CC(O)CC1(C)C. The van der Waals surface area contributed by atoms with Crippen LogP contribution in [0.2, 0.25) is 0 Å². The molecule has 0 amide bonds. The predicted molar refractivity (Wildman–Crippen MR) is 153 cm³/mol. The number of carbonyl (C=O) groups excluding carboxylic acids is 1. The molecular weight excluding hydrogens is 428 g/mol. The number of ketones is 1. The summed E-state index contributed by atoms with van der Waals surface area (Å²) in [4.78, 5) is 11.0. The Balaban J connectivity index is 2.66. The molecule has 0 aromatic heterocycles. The summed E-state index contributed by atoms with van der Waals surface area (Å²) in [5.41, 5.74) is 7.18. The first-order valence-corrected chi connectivity index (χ1v) is 12.4. The van der Waals surface area contributed by atoms with E-state index >= 15 is 0 Å². The third kappa shape index (κ3) is 12.9. The summed E-state index contributed by atoms with van der Waals surface area (Å²) in [5, 5.41) is 10.1. The van der Waals surface area contributed by atoms with Crippen molar-refractivity contribution in [3.8, 4) is 0 Å². The lowest BCUT2D eigenvalue weighted by atomic mass is 9.71. The first-order valence-electron chi connectivity index (χ1n) is 12.4. The first-order chi connectivity index (χ1) is 16.4. The second-order valence-electron chi connectivity index (χ2n) is 10.2. The fourth-order valence-corrected chi connectivity index (χ4v) is 3.98. The van der Waals surface area contributed by atoms with E-state index in [2.05, 4.69) is 84.1 Å². The number of hydrogen-bond acceptors (Lipinski definition) is 2. The van der Waals surface area contributed by atoms with Crippen LogP contribution in [0.25, 0.3) is 0 Å². The predicted octanol–water partition coefficient (Wildman–Crippen LogP) is 8.64. The van der Waals surface area contributed by atoms with Crippen molar-refractivity contribution in [3.63, 3.8) is 0 Å². The molecule has 1 aliphatic carbocycles. The van der Waals surface area contributed by atoms with Gasteiger partial charge < -0.3 is 5.11 Å². The van der Waals surface area contributed by atoms with E-state index < -0.39 is 0 Å². The Morgan fingerprint density at radius 3 is 1.69 bits per heavy atom. The van der Waals surface area contributed by atoms with Crippen molar-refractivity contribution in [1.29, 1.82) is 0 Å². The Morgan fingerprint density at radius 2 is 1.20 bits per heavy atom. The minimum atomic E-state index is -0.227. The van der Waals surface area contributed by atoms with Gasteiger partial charge in [0.25, 0.3) is 0 Å². The smallest absolute Gasteiger partial charge is 0.152 e. The fourth-order valence-electron chi connectivity index (χ4n) is 3.98. The summed E-state index contributed by atoms with van der Waals surface area (Å²) in [6, 6.07) is 0. The van der Waals surface area contributed by atoms with Gasteiger partial charge in [-0.1, -0.05) is 121 Å². The minimum Gasteiger partial charge on any atom is -0.393 e. The molecule has 0 spiro atoms. The van der Waals surface area contributed by atoms with E-state index in [9.17, 15) is 9.90 Å². The van der Waals surface area contributed by atoms with Crippen LogP contribution in [0, 0.1) is 5.41 Å². The molecule has 2 nitrogen and oxygen atoms in total. The number of carbonyl (C=O) groups is 1. The Morgan fingerprint density at radius 1 is 0.743 bits per heavy atom. The molecule has 1 unspecified atom stereocenters. The van der Waals surface area contributed by atoms with Gasteiger partial charge in [-0.15, -0.1) is 0 Å². The van der Waals surface area contributed by atoms with E-state index in [0.29, 0.717) is 0 Å². The molecule has 0 aliphatic heterocycles. The van der Waals surface area contributed by atoms with Gasteiger partial charge in [-0.2, -0.15) is 0 Å². The van der Waals surface area contributed by atoms with Crippen LogP contribution in [-0.4, -0.2) is 17.0 Å². The lowest BCUT2D eigenvalue weighted by Crippen LogP contribution is -2.28. The second kappa shape index (κ2) is 15.1. The van der Waals surface area contributed by atoms with Gasteiger partial charge in [0.05, 0.1) is 6.10 Å². The summed E-state index contributed by atoms with van der Waals surface area (Å²) in [5.74, 6) is 0.0538. The van der Waals surface area contributed by atoms with Gasteiger partial charge in [0, 0.05) is 0 Å². The van der Waals surface area contributed by atoms with E-state index in [1.807, 2.05) is 43.4 Å². The van der Waals surface area contributed by atoms with E-state index in [1.54, 1.807) is 13.0 Å². The van der Waals surface area contributed by atoms with Gasteiger partial charge >= 0.3 is 0 Å². The van der Waals surface area contributed by atoms with E-state index in [1.165, 1.54) is 22.3 Å². The van der Waals surface area contributed by atoms with Crippen molar-refractivity contribution < 1.29 is 9.90 Å². The van der Waals surface area contributed by atoms with Crippen molar-refractivity contribution in [2.75, 3.05) is 0 Å². The van der Waals surface area contributed by atoms with Crippen LogP contribution in [0.15, 0.2) is 119 Å². The molecule has 0 fully saturated rings. The third-order valence-electron chi connectivity index (χ3n) is 5.84. The lowest BCUT2D eigenvalue weighted by Gasteiger charge is -2.35. The average molecular weight is 473 g/mol. The maximum absolute atomic E-state index is 11.0. The maximum atomic E-state index is 11.0. The monoisotopic (exact) mass is 472 g/mol. The van der Waals surface area contributed by atoms with Crippen molar-refractivity contribution >= 4 is 5.78 Å². The van der Waals surface area contributed by atoms with Gasteiger partial charge in [-0.05, 0) is 71.4 Å². The van der Waals surface area contributed by atoms with Crippen molar-refractivity contribution in [2.24, 2.45) is 5.41 Å². The highest BCUT2D eigenvalue weighted by Gasteiger charge is 2.31. The van der Waals surface area contributed by atoms with Gasteiger partial charge in [0.2, 0.25) is 0 Å². The van der Waals surface area contributed by atoms with Gasteiger partial charge in [0.15, 0.2) is 5.78 Å². The Labute approximate surface area is 213 Å². The molecule has 1 N–H and O–H groups in total. The maximum Gasteiger partial charge on any atom is 0.152 e. The summed E-state index contributed by atoms with van der Waals surface area (Å²) in [7, 11) is 0. The van der Waals surface area contributed by atoms with Crippen LogP contribution in [0.4, 0.5) is 0 Å². The molecule has 0 saturated carbocycles. The standard InChI is InChI=1S/C33H44O2/c1-25(15-11-17-27(3)19-21-30(6)34)13-9-10-14-26(2)16-12-18-28(4)20-22-32-29(5)23-31(35)24-33(32,7)8/h9-22,31,35H,23-24H2,1-8H3. The number of allylic oxidation sites excluding steroid dienone is 19. The fraction of sp³-hybridized carbons (Fsp3) is 0.364. The highest BCUT2D eigenvalue weighted by molar-refractivity contribution is 5.87. The Kier molecular flexibility index (Phi) is 13.0. The summed E-state index contributed by atoms with van der Waals surface area (Å²) >= 11 is 0. The van der Waals surface area contributed by atoms with Crippen LogP contribution >= 0.6 is 0 Å². The number of rotatable bonds is 10. The molecule has 35 heavy (non-hydrogen) atoms. The van der Waals surface area contributed by atoms with Crippen LogP contribution in [-0.2, 0) is 4.79 Å². The molecule has 2 heteroatoms. The third-order valence-corrected chi connectivity index (χ3v) is 5.84. The molecule has 0 radical (unpaired) electrons. The topological polar surface area (TPSA) is 37.3 Å². The van der Waals surface area contributed by atoms with Crippen LogP contribution in [0.1, 0.15) is 68.2 Å². The number of hydrogen-bond donors (Lipinski definition) is 1. The quantitative estimate of drug-likeness (QED) is 0.255. The molecule has 188 valence electrons. The summed E-state index contributed by atoms with van der Waals surface area (Å²) < 4.78 is 0. The zero-order chi connectivity index (χ0) is 26.4. The summed E-state index contributed by atoms with van der Waals surface area (Å²) in [6.45, 7) is 16.3. The van der Waals surface area contributed by atoms with Crippen LogP contribution in [0.3, 0.4) is 0 Å². The van der Waals surface area contributed by atoms with Gasteiger partial charge in [-0.25, -0.2) is 0 Å². The molecule has 1 atom stereocenters. The molecule has 0 saturated heterocycles. The average Bonchev–Trinajstić information content (AvgIpc) is 2.74. The zero-order valence-electron chi connectivity index (χ0n) is 22.9. The summed E-state index contributed by atoms with van der Waals surface area (Å²) in [6.07, 6.45) is 29.7. The molecule has 0 aromatic carbocycles. The highest BCUT2D eigenvalue weighted by atomic mass is 16.3. The number of aliphatic hydroxyl groups is 1. The van der Waals surface area contributed by atoms with Gasteiger partial charge in [-0.3, -0.25) is 4.79 Å². The largest absolute Gasteiger partial charge is 0.393 e. The molecule has 0 heterocycles. The van der Waals surface area contributed by atoms with Crippen molar-refractivity contribution in [3.05, 3.63) is 119 Å².